The molecule has 0 amide bonds. The fraction of sp³-hybridized carbons (Fsp3) is 0.244. The molecule has 0 saturated carbocycles. The Balaban J connectivity index is -0.000000357. The van der Waals surface area contributed by atoms with Crippen LogP contribution in [0.4, 0.5) is 4.79 Å². The molecule has 0 unspecified atom stereocenters. The molecule has 0 saturated heterocycles. The van der Waals surface area contributed by atoms with Gasteiger partial charge in [0.25, 0.3) is 88.1 Å². The molecule has 0 bridgehead atoms. The highest BCUT2D eigenvalue weighted by Gasteiger charge is 2.12. The van der Waals surface area contributed by atoms with E-state index < -0.39 is 96.1 Å². The van der Waals surface area contributed by atoms with Crippen LogP contribution >= 0.6 is 36.2 Å². The minimum Gasteiger partial charge on any atom is -0.490 e. The predicted octanol–water partition coefficient (Wildman–Crippen LogP) is 10.2. The van der Waals surface area contributed by atoms with Gasteiger partial charge in [0.2, 0.25) is 5.94 Å². The first kappa shape index (κ1) is 140. The van der Waals surface area contributed by atoms with Gasteiger partial charge in [-0.15, -0.1) is 11.8 Å². The summed E-state index contributed by atoms with van der Waals surface area (Å²) in [5.74, 6) is -4.36. The highest BCUT2D eigenvalue weighted by atomic mass is 32.3. The highest BCUT2D eigenvalue weighted by molar-refractivity contribution is 8.10. The number of methoxy groups -OCH3 is 9. The van der Waals surface area contributed by atoms with Gasteiger partial charge >= 0.3 is 56.0 Å². The van der Waals surface area contributed by atoms with Crippen LogP contribution in [0.25, 0.3) is 65.8 Å². The molecule has 788 valence electrons. The third-order valence-corrected chi connectivity index (χ3v) is 19.6. The number of esters is 1. The number of thiocarbonyl (C=S) groups is 2. The van der Waals surface area contributed by atoms with Gasteiger partial charge < -0.3 is 79.2 Å². The quantitative estimate of drug-likeness (QED) is 0.0165. The number of carbonyl (C=O) groups excluding carboxylic acids is 3. The van der Waals surface area contributed by atoms with Gasteiger partial charge in [-0.2, -0.15) is 82.1 Å². The summed E-state index contributed by atoms with van der Waals surface area (Å²) in [6.07, 6.45) is 8.95. The van der Waals surface area contributed by atoms with Gasteiger partial charge in [0.1, 0.15) is 50.1 Å². The number of thioether (sulfide) groups is 1. The number of carbonyl (C=O) groups is 3. The van der Waals surface area contributed by atoms with E-state index in [1.54, 1.807) is 86.1 Å². The SMILES string of the molecule is CC(=O)CS(=O)(=O)O.CNC(=S)CCS(=O)(=O)O.COC#N.COC#N.COC#N.COC#N.COC#N.COC#N.COC(=O)CCS(=O)(=O)O.COC(=O)OCS(=O)(=O)O.COC(=S)CCS(=O)(=O)O.CSCS(=O)(=O)O.O=c1ccc2ccccc2o1.O=c1ccc2ccccc2o1.O=c1ccc2ccccc2o1.O=c1ccc2ccccc2o1.O=c1ccc2ccccc2o1.O=c1ccc2ccccc2o1. The summed E-state index contributed by atoms with van der Waals surface area (Å²) < 4.78 is 237. The summed E-state index contributed by atoms with van der Waals surface area (Å²) in [5, 5.41) is 52.7. The smallest absolute Gasteiger partial charge is 0.490 e. The van der Waals surface area contributed by atoms with Gasteiger partial charge in [-0.3, -0.25) is 36.9 Å². The summed E-state index contributed by atoms with van der Waals surface area (Å²) >= 11 is 10.2. The van der Waals surface area contributed by atoms with E-state index in [4.69, 9.17) is 85.4 Å². The molecule has 12 rings (SSSR count). The van der Waals surface area contributed by atoms with Crippen LogP contribution < -0.4 is 39.1 Å². The maximum atomic E-state index is 10.7. The number of hydrogen-bond donors (Lipinski definition) is 7. The molecule has 0 spiro atoms. The van der Waals surface area contributed by atoms with Crippen LogP contribution in [0.15, 0.2) is 274 Å². The Morgan fingerprint density at radius 3 is 0.703 bits per heavy atom. The van der Waals surface area contributed by atoms with Crippen LogP contribution in [0, 0.1) is 69.1 Å². The van der Waals surface area contributed by atoms with Crippen LogP contribution in [0.2, 0.25) is 0 Å². The van der Waals surface area contributed by atoms with E-state index in [0.29, 0.717) is 38.5 Å². The maximum Gasteiger partial charge on any atom is 0.509 e. The fourth-order valence-corrected chi connectivity index (χ4v) is 11.4. The van der Waals surface area contributed by atoms with Crippen molar-refractivity contribution in [3.63, 3.8) is 0 Å². The zero-order valence-corrected chi connectivity index (χ0v) is 85.6. The van der Waals surface area contributed by atoms with Gasteiger partial charge in [-0.05, 0) is 98.2 Å². The first-order valence-electron chi connectivity index (χ1n) is 38.2. The Morgan fingerprint density at radius 1 is 0.331 bits per heavy atom. The zero-order chi connectivity index (χ0) is 112. The predicted molar refractivity (Wildman–Crippen MR) is 534 cm³/mol. The average molecular weight is 2210 g/mol. The second-order valence-electron chi connectivity index (χ2n) is 24.2. The third kappa shape index (κ3) is 89.4. The van der Waals surface area contributed by atoms with Crippen molar-refractivity contribution in [3.05, 3.63) is 281 Å². The van der Waals surface area contributed by atoms with Gasteiger partial charge in [0.15, 0.2) is 5.05 Å². The molecule has 6 aromatic carbocycles. The van der Waals surface area contributed by atoms with Crippen molar-refractivity contribution in [2.24, 2.45) is 0 Å². The van der Waals surface area contributed by atoms with Crippen molar-refractivity contribution < 1.29 is 166 Å². The van der Waals surface area contributed by atoms with Crippen LogP contribution in [0.5, 0.6) is 0 Å². The summed E-state index contributed by atoms with van der Waals surface area (Å²) in [6, 6.07) is 63.5. The Hall–Kier alpha value is -15.7. The van der Waals surface area contributed by atoms with Crippen molar-refractivity contribution >= 4 is 191 Å². The molecular formula is C86H97N7O43S9. The van der Waals surface area contributed by atoms with Crippen LogP contribution in [-0.4, -0.2) is 217 Å². The number of nitrogens with zero attached hydrogens (tertiary/aromatic N) is 6. The average Bonchev–Trinajstić information content (AvgIpc) is 0.876. The molecule has 0 atom stereocenters. The van der Waals surface area contributed by atoms with Crippen molar-refractivity contribution in [1.29, 1.82) is 31.6 Å². The molecule has 50 nitrogen and oxygen atoms in total. The lowest BCUT2D eigenvalue weighted by atomic mass is 10.2. The fourth-order valence-electron chi connectivity index (χ4n) is 7.63. The molecule has 0 aliphatic heterocycles. The van der Waals surface area contributed by atoms with E-state index in [-0.39, 0.29) is 74.7 Å². The maximum absolute atomic E-state index is 10.7. The first-order chi connectivity index (χ1) is 67.9. The minimum atomic E-state index is -4.25. The third-order valence-electron chi connectivity index (χ3n) is 13.3. The Labute approximate surface area is 844 Å². The summed E-state index contributed by atoms with van der Waals surface area (Å²) in [5.41, 5.74) is 2.02. The van der Waals surface area contributed by atoms with Crippen molar-refractivity contribution in [2.45, 2.75) is 26.2 Å². The van der Waals surface area contributed by atoms with E-state index in [2.05, 4.69) is 77.1 Å². The number of hydrogen-bond acceptors (Lipinski definition) is 46. The zero-order valence-electron chi connectivity index (χ0n) is 78.3. The highest BCUT2D eigenvalue weighted by Crippen LogP contribution is 2.14. The van der Waals surface area contributed by atoms with Gasteiger partial charge in [0, 0.05) is 88.6 Å². The van der Waals surface area contributed by atoms with Crippen LogP contribution in [0.3, 0.4) is 0 Å². The second kappa shape index (κ2) is 83.0. The molecule has 6 heterocycles. The minimum absolute atomic E-state index is 0.0602. The molecule has 0 radical (unpaired) electrons. The van der Waals surface area contributed by atoms with Crippen LogP contribution in [0.1, 0.15) is 26.2 Å². The van der Waals surface area contributed by atoms with E-state index >= 15 is 0 Å². The summed E-state index contributed by atoms with van der Waals surface area (Å²) in [6.45, 7) is 1.09. The molecule has 0 aliphatic rings. The lowest BCUT2D eigenvalue weighted by Crippen LogP contribution is -2.19. The number of ketones is 1. The molecule has 7 N–H and O–H groups in total. The van der Waals surface area contributed by atoms with Gasteiger partial charge in [-0.1, -0.05) is 121 Å². The lowest BCUT2D eigenvalue weighted by Gasteiger charge is -1.98. The number of Topliss-reactive ketones (excluding diaryl/α,β-unsaturated/α-hetero) is 1. The number of para-hydroxylation sites is 6. The van der Waals surface area contributed by atoms with Gasteiger partial charge in [-0.25, -0.2) is 33.6 Å². The Morgan fingerprint density at radius 2 is 0.552 bits per heavy atom. The molecule has 12 aromatic rings. The van der Waals surface area contributed by atoms with Crippen molar-refractivity contribution in [1.82, 2.24) is 5.32 Å². The molecule has 59 heteroatoms. The van der Waals surface area contributed by atoms with E-state index in [1.807, 2.05) is 109 Å². The number of nitrogens with one attached hydrogen (secondary N) is 1. The Bertz CT molecular complexity index is 6350. The standard InChI is InChI=1S/6C9H6O2.C4H9NO3S2.C4H8O5S.C4H8O4S2.C3H6O6S.C3H6O4S.6C2H3NO.C2H6O3S2/c6*10-9-6-5-7-3-1-2-4-8(7)11-9;1-5-4(9)2-3-10(6,7)8;1-9-4(5)2-3-10(6,7)8;1-8-4(9)2-3-10(5,6)7;1-8-3(4)9-2-10(5,6)7;1-3(4)2-8(5,6)7;6*1-4-2-3;1-6-2-7(3,4)5/h6*1-6H;2-3H2,1H3,(H,5,9)(H,6,7,8);2-3H2,1H3,(H,6,7,8);2-3H2,1H3,(H,5,6,7);2H2,1H3,(H,5,6,7);2H2,1H3,(H,5,6,7);6*1H3;2H2,1H3,(H,3,4,5). The largest absolute Gasteiger partial charge is 0.509 e. The normalized spacial score (nSPS) is 9.49. The molecule has 0 fully saturated rings. The van der Waals surface area contributed by atoms with Crippen molar-refractivity contribution in [2.75, 3.05) is 111 Å². The van der Waals surface area contributed by atoms with Crippen LogP contribution in [-0.2, 0) is 118 Å². The van der Waals surface area contributed by atoms with Crippen molar-refractivity contribution in [3.8, 4) is 37.5 Å². The number of benzene rings is 6. The molecule has 145 heavy (non-hydrogen) atoms. The van der Waals surface area contributed by atoms with E-state index in [9.17, 15) is 93.7 Å². The molecule has 6 aromatic heterocycles. The number of nitriles is 6. The first-order valence-corrected chi connectivity index (χ1v) is 50.0. The molecular weight excluding hydrogens is 2110 g/mol. The number of ether oxygens (including phenoxy) is 10. The molecule has 0 aliphatic carbocycles. The van der Waals surface area contributed by atoms with E-state index in [1.165, 1.54) is 124 Å². The Kier molecular flexibility index (Phi) is 80.1. The monoisotopic (exact) mass is 2200 g/mol. The topological polar surface area (TPSA) is 806 Å². The second-order valence-corrected chi connectivity index (χ2v) is 35.4. The summed E-state index contributed by atoms with van der Waals surface area (Å²) in [4.78, 5) is 94.9. The summed E-state index contributed by atoms with van der Waals surface area (Å²) in [7, 11) is -10.8. The lowest BCUT2D eigenvalue weighted by molar-refractivity contribution is -0.140. The number of fused-ring (bicyclic) bond motifs is 6. The number of rotatable bonds is 15. The van der Waals surface area contributed by atoms with E-state index in [0.717, 1.165) is 65.2 Å². The van der Waals surface area contributed by atoms with Gasteiger partial charge in [0.05, 0.1) is 92.7 Å².